The van der Waals surface area contributed by atoms with Crippen molar-refractivity contribution in [1.29, 1.82) is 0 Å². The maximum atomic E-state index is 6.36. The Kier molecular flexibility index (Phi) is 4.03. The second-order valence-electron chi connectivity index (χ2n) is 6.71. The quantitative estimate of drug-likeness (QED) is 0.550. The molecule has 0 radical (unpaired) electrons. The molecular weight excluding hydrogens is 306 g/mol. The number of rotatable bonds is 2. The van der Waals surface area contributed by atoms with Gasteiger partial charge in [0.15, 0.2) is 0 Å². The molecule has 0 aliphatic carbocycles. The van der Waals surface area contributed by atoms with Crippen molar-refractivity contribution in [3.8, 4) is 17.0 Å². The Labute approximate surface area is 142 Å². The summed E-state index contributed by atoms with van der Waals surface area (Å²) in [5, 5.41) is 2.47. The zero-order chi connectivity index (χ0) is 16.6. The lowest BCUT2D eigenvalue weighted by Crippen LogP contribution is -2.10. The van der Waals surface area contributed by atoms with E-state index in [0.29, 0.717) is 5.15 Å². The minimum atomic E-state index is 0.139. The number of pyridine rings is 1. The van der Waals surface area contributed by atoms with Crippen LogP contribution >= 0.6 is 11.6 Å². The molecule has 1 heterocycles. The highest BCUT2D eigenvalue weighted by Crippen LogP contribution is 2.31. The van der Waals surface area contributed by atoms with Gasteiger partial charge in [0, 0.05) is 10.9 Å². The number of halogens is 1. The van der Waals surface area contributed by atoms with Gasteiger partial charge < -0.3 is 4.74 Å². The normalized spacial score (nSPS) is 11.7. The molecule has 0 amide bonds. The molecular formula is C20H20ClNO. The summed E-state index contributed by atoms with van der Waals surface area (Å²) in [6.07, 6.45) is 0. The van der Waals surface area contributed by atoms with Crippen molar-refractivity contribution < 1.29 is 4.74 Å². The molecule has 2 nitrogen and oxygen atoms in total. The van der Waals surface area contributed by atoms with Gasteiger partial charge in [-0.1, -0.05) is 56.6 Å². The zero-order valence-corrected chi connectivity index (χ0v) is 14.6. The molecule has 0 aliphatic rings. The maximum Gasteiger partial charge on any atom is 0.137 e. The lowest BCUT2D eigenvalue weighted by Gasteiger charge is -2.19. The van der Waals surface area contributed by atoms with Crippen LogP contribution in [0.2, 0.25) is 5.15 Å². The van der Waals surface area contributed by atoms with Crippen LogP contribution in [-0.4, -0.2) is 12.1 Å². The maximum absolute atomic E-state index is 6.36. The number of benzene rings is 2. The first-order chi connectivity index (χ1) is 10.9. The Morgan fingerprint density at radius 1 is 0.957 bits per heavy atom. The molecule has 0 fully saturated rings. The number of nitrogens with zero attached hydrogens (tertiary/aromatic N) is 1. The summed E-state index contributed by atoms with van der Waals surface area (Å²) in [4.78, 5) is 4.54. The van der Waals surface area contributed by atoms with Gasteiger partial charge in [0.25, 0.3) is 0 Å². The Hall–Kier alpha value is -2.06. The summed E-state index contributed by atoms with van der Waals surface area (Å²) in [6, 6.07) is 16.4. The van der Waals surface area contributed by atoms with Crippen molar-refractivity contribution in [2.75, 3.05) is 7.11 Å². The van der Waals surface area contributed by atoms with Gasteiger partial charge in [0.05, 0.1) is 12.8 Å². The number of hydrogen-bond donors (Lipinski definition) is 0. The van der Waals surface area contributed by atoms with Crippen molar-refractivity contribution in [2.45, 2.75) is 26.2 Å². The molecule has 0 atom stereocenters. The van der Waals surface area contributed by atoms with Gasteiger partial charge in [-0.05, 0) is 40.6 Å². The second kappa shape index (κ2) is 5.86. The van der Waals surface area contributed by atoms with Gasteiger partial charge in [-0.15, -0.1) is 0 Å². The van der Waals surface area contributed by atoms with Crippen LogP contribution in [0, 0.1) is 0 Å². The van der Waals surface area contributed by atoms with Crippen LogP contribution < -0.4 is 4.74 Å². The Bertz CT molecular complexity index is 848. The molecule has 3 aromatic rings. The van der Waals surface area contributed by atoms with Gasteiger partial charge in [-0.25, -0.2) is 4.98 Å². The molecule has 0 unspecified atom stereocenters. The summed E-state index contributed by atoms with van der Waals surface area (Å²) in [5.41, 5.74) is 3.37. The molecule has 3 heteroatoms. The van der Waals surface area contributed by atoms with E-state index < -0.39 is 0 Å². The highest BCUT2D eigenvalue weighted by atomic mass is 35.5. The van der Waals surface area contributed by atoms with E-state index in [1.54, 1.807) is 7.11 Å². The molecule has 0 saturated carbocycles. The third-order valence-electron chi connectivity index (χ3n) is 4.04. The van der Waals surface area contributed by atoms with Gasteiger partial charge >= 0.3 is 0 Å². The van der Waals surface area contributed by atoms with Crippen LogP contribution in [0.5, 0.6) is 5.75 Å². The Balaban J connectivity index is 2.09. The number of methoxy groups -OCH3 is 1. The van der Waals surface area contributed by atoms with Gasteiger partial charge in [-0.2, -0.15) is 0 Å². The average molecular weight is 326 g/mol. The molecule has 0 bridgehead atoms. The van der Waals surface area contributed by atoms with E-state index in [1.165, 1.54) is 5.56 Å². The van der Waals surface area contributed by atoms with E-state index in [2.05, 4.69) is 56.1 Å². The number of ether oxygens (including phenoxy) is 1. The van der Waals surface area contributed by atoms with E-state index in [-0.39, 0.29) is 5.41 Å². The summed E-state index contributed by atoms with van der Waals surface area (Å²) in [7, 11) is 1.66. The fraction of sp³-hybridized carbons (Fsp3) is 0.250. The average Bonchev–Trinajstić information content (AvgIpc) is 2.53. The minimum absolute atomic E-state index is 0.139. The fourth-order valence-electron chi connectivity index (χ4n) is 2.61. The molecule has 1 aromatic heterocycles. The smallest absolute Gasteiger partial charge is 0.137 e. The first-order valence-electron chi connectivity index (χ1n) is 7.64. The van der Waals surface area contributed by atoms with Gasteiger partial charge in [0.1, 0.15) is 10.9 Å². The van der Waals surface area contributed by atoms with Crippen LogP contribution in [0.25, 0.3) is 22.0 Å². The van der Waals surface area contributed by atoms with E-state index in [4.69, 9.17) is 16.3 Å². The minimum Gasteiger partial charge on any atom is -0.497 e. The van der Waals surface area contributed by atoms with Crippen molar-refractivity contribution in [3.05, 3.63) is 59.2 Å². The van der Waals surface area contributed by atoms with E-state index in [1.807, 2.05) is 18.2 Å². The van der Waals surface area contributed by atoms with Crippen molar-refractivity contribution in [1.82, 2.24) is 4.98 Å². The zero-order valence-electron chi connectivity index (χ0n) is 13.9. The highest BCUT2D eigenvalue weighted by molar-refractivity contribution is 6.34. The summed E-state index contributed by atoms with van der Waals surface area (Å²) >= 11 is 6.36. The fourth-order valence-corrected chi connectivity index (χ4v) is 2.87. The molecule has 0 aliphatic heterocycles. The first kappa shape index (κ1) is 15.8. The lowest BCUT2D eigenvalue weighted by atomic mass is 9.86. The van der Waals surface area contributed by atoms with Crippen LogP contribution in [0.3, 0.4) is 0 Å². The molecule has 118 valence electrons. The van der Waals surface area contributed by atoms with Gasteiger partial charge in [0.2, 0.25) is 0 Å². The third kappa shape index (κ3) is 3.18. The van der Waals surface area contributed by atoms with Crippen LogP contribution in [-0.2, 0) is 5.41 Å². The topological polar surface area (TPSA) is 22.1 Å². The van der Waals surface area contributed by atoms with Crippen molar-refractivity contribution in [3.63, 3.8) is 0 Å². The van der Waals surface area contributed by atoms with Crippen LogP contribution in [0.1, 0.15) is 26.3 Å². The predicted molar refractivity (Wildman–Crippen MR) is 97.4 cm³/mol. The van der Waals surface area contributed by atoms with Crippen LogP contribution in [0.4, 0.5) is 0 Å². The summed E-state index contributed by atoms with van der Waals surface area (Å²) in [6.45, 7) is 6.62. The highest BCUT2D eigenvalue weighted by Gasteiger charge is 2.14. The largest absolute Gasteiger partial charge is 0.497 e. The number of fused-ring (bicyclic) bond motifs is 1. The molecule has 2 aromatic carbocycles. The van der Waals surface area contributed by atoms with Crippen LogP contribution in [0.15, 0.2) is 48.5 Å². The molecule has 0 saturated heterocycles. The van der Waals surface area contributed by atoms with Crippen molar-refractivity contribution >= 4 is 22.4 Å². The second-order valence-corrected chi connectivity index (χ2v) is 7.07. The molecule has 23 heavy (non-hydrogen) atoms. The van der Waals surface area contributed by atoms with E-state index >= 15 is 0 Å². The lowest BCUT2D eigenvalue weighted by molar-refractivity contribution is 0.415. The number of aromatic nitrogens is 1. The summed E-state index contributed by atoms with van der Waals surface area (Å²) in [5.74, 6) is 0.814. The van der Waals surface area contributed by atoms with Gasteiger partial charge in [-0.3, -0.25) is 0 Å². The predicted octanol–water partition coefficient (Wildman–Crippen LogP) is 5.86. The van der Waals surface area contributed by atoms with Crippen molar-refractivity contribution in [2.24, 2.45) is 0 Å². The standard InChI is InChI=1S/C20H20ClNO/c1-20(2,3)15-7-5-13(6-8-15)18-12-14-11-16(23-4)9-10-17(14)19(21)22-18/h5-12H,1-4H3. The monoisotopic (exact) mass is 325 g/mol. The van der Waals surface area contributed by atoms with E-state index in [0.717, 1.165) is 27.8 Å². The Morgan fingerprint density at radius 3 is 2.26 bits per heavy atom. The van der Waals surface area contributed by atoms with E-state index in [9.17, 15) is 0 Å². The third-order valence-corrected chi connectivity index (χ3v) is 4.33. The molecule has 3 rings (SSSR count). The molecule has 0 N–H and O–H groups in total. The number of hydrogen-bond acceptors (Lipinski definition) is 2. The SMILES string of the molecule is COc1ccc2c(Cl)nc(-c3ccc(C(C)(C)C)cc3)cc2c1. The Morgan fingerprint density at radius 2 is 1.65 bits per heavy atom. The first-order valence-corrected chi connectivity index (χ1v) is 8.01. The molecule has 0 spiro atoms. The summed E-state index contributed by atoms with van der Waals surface area (Å²) < 4.78 is 5.30.